The Bertz CT molecular complexity index is 654. The molecule has 170 valence electrons. The molecule has 8 heteroatoms. The van der Waals surface area contributed by atoms with Crippen LogP contribution in [0.4, 0.5) is 10.1 Å². The average molecular weight is 533 g/mol. The van der Waals surface area contributed by atoms with E-state index in [4.69, 9.17) is 4.74 Å². The van der Waals surface area contributed by atoms with Gasteiger partial charge in [-0.2, -0.15) is 0 Å². The zero-order valence-corrected chi connectivity index (χ0v) is 20.7. The van der Waals surface area contributed by atoms with E-state index >= 15 is 0 Å². The van der Waals surface area contributed by atoms with Crippen molar-refractivity contribution in [1.29, 1.82) is 0 Å². The molecule has 0 bridgehead atoms. The van der Waals surface area contributed by atoms with Crippen molar-refractivity contribution in [3.8, 4) is 0 Å². The van der Waals surface area contributed by atoms with Crippen molar-refractivity contribution in [2.24, 2.45) is 10.9 Å². The number of halogens is 2. The number of hydrogen-bond acceptors (Lipinski definition) is 4. The first kappa shape index (κ1) is 25.1. The Balaban J connectivity index is 0.00000320. The van der Waals surface area contributed by atoms with Gasteiger partial charge in [-0.25, -0.2) is 4.39 Å². The number of para-hydroxylation sites is 1. The Morgan fingerprint density at radius 1 is 1.20 bits per heavy atom. The minimum Gasteiger partial charge on any atom is -0.381 e. The molecule has 1 N–H and O–H groups in total. The highest BCUT2D eigenvalue weighted by Gasteiger charge is 2.25. The van der Waals surface area contributed by atoms with Crippen molar-refractivity contribution < 1.29 is 9.13 Å². The Kier molecular flexibility index (Phi) is 11.2. The molecular weight excluding hydrogens is 496 g/mol. The smallest absolute Gasteiger partial charge is 0.193 e. The second kappa shape index (κ2) is 13.3. The van der Waals surface area contributed by atoms with Gasteiger partial charge in [0.15, 0.2) is 5.96 Å². The number of ether oxygens (including phenoxy) is 1. The summed E-state index contributed by atoms with van der Waals surface area (Å²) in [5.41, 5.74) is 0.728. The second-order valence-electron chi connectivity index (χ2n) is 7.87. The molecule has 2 fully saturated rings. The Hall–Kier alpha value is -1.13. The van der Waals surface area contributed by atoms with Gasteiger partial charge in [0.2, 0.25) is 0 Å². The predicted octanol–water partition coefficient (Wildman–Crippen LogP) is 2.89. The van der Waals surface area contributed by atoms with Crippen LogP contribution in [0.15, 0.2) is 29.3 Å². The molecule has 1 unspecified atom stereocenters. The number of guanidine groups is 1. The molecule has 1 aromatic rings. The van der Waals surface area contributed by atoms with E-state index in [0.717, 1.165) is 83.6 Å². The zero-order chi connectivity index (χ0) is 20.5. The van der Waals surface area contributed by atoms with Crippen LogP contribution in [0.5, 0.6) is 0 Å². The third kappa shape index (κ3) is 7.23. The molecule has 0 saturated carbocycles. The maximum absolute atomic E-state index is 14.0. The third-order valence-electron chi connectivity index (χ3n) is 5.85. The van der Waals surface area contributed by atoms with E-state index in [1.807, 2.05) is 26.1 Å². The molecule has 2 aliphatic heterocycles. The third-order valence-corrected chi connectivity index (χ3v) is 5.85. The quantitative estimate of drug-likeness (QED) is 0.241. The van der Waals surface area contributed by atoms with Crippen LogP contribution in [-0.2, 0) is 4.74 Å². The molecule has 0 amide bonds. The average Bonchev–Trinajstić information content (AvgIpc) is 3.22. The van der Waals surface area contributed by atoms with Gasteiger partial charge in [0, 0.05) is 65.4 Å². The summed E-state index contributed by atoms with van der Waals surface area (Å²) < 4.78 is 19.5. The molecular formula is C22H37FIN5O. The molecule has 6 nitrogen and oxygen atoms in total. The fourth-order valence-electron chi connectivity index (χ4n) is 4.20. The van der Waals surface area contributed by atoms with Gasteiger partial charge in [0.05, 0.1) is 12.3 Å². The van der Waals surface area contributed by atoms with Gasteiger partial charge in [-0.15, -0.1) is 24.0 Å². The standard InChI is InChI=1S/C22H36FN5O.HI/c1-3-29-18-19-9-12-28(17-19)22(24-2)25-10-6-11-26-13-15-27(16-14-26)21-8-5-4-7-20(21)23;/h4-5,7-8,19H,3,6,9-18H2,1-2H3,(H,24,25);1H. The van der Waals surface area contributed by atoms with Crippen molar-refractivity contribution >= 4 is 35.6 Å². The largest absolute Gasteiger partial charge is 0.381 e. The summed E-state index contributed by atoms with van der Waals surface area (Å²) in [7, 11) is 1.86. The predicted molar refractivity (Wildman–Crippen MR) is 133 cm³/mol. The van der Waals surface area contributed by atoms with E-state index in [0.29, 0.717) is 5.92 Å². The minimum absolute atomic E-state index is 0. The van der Waals surface area contributed by atoms with Crippen LogP contribution in [0, 0.1) is 11.7 Å². The maximum Gasteiger partial charge on any atom is 0.193 e. The minimum atomic E-state index is -0.123. The van der Waals surface area contributed by atoms with Gasteiger partial charge in [0.1, 0.15) is 5.82 Å². The number of anilines is 1. The molecule has 2 heterocycles. The van der Waals surface area contributed by atoms with Gasteiger partial charge in [-0.05, 0) is 38.4 Å². The Labute approximate surface area is 197 Å². The number of nitrogens with zero attached hydrogens (tertiary/aromatic N) is 4. The van der Waals surface area contributed by atoms with E-state index in [2.05, 4.69) is 25.0 Å². The molecule has 1 atom stereocenters. The van der Waals surface area contributed by atoms with Gasteiger partial charge in [-0.3, -0.25) is 9.89 Å². The molecule has 30 heavy (non-hydrogen) atoms. The van der Waals surface area contributed by atoms with Gasteiger partial charge >= 0.3 is 0 Å². The highest BCUT2D eigenvalue weighted by Crippen LogP contribution is 2.20. The number of hydrogen-bond donors (Lipinski definition) is 1. The molecule has 2 aliphatic rings. The normalized spacial score (nSPS) is 20.4. The summed E-state index contributed by atoms with van der Waals surface area (Å²) in [6, 6.07) is 7.07. The molecule has 0 aliphatic carbocycles. The lowest BCUT2D eigenvalue weighted by Gasteiger charge is -2.36. The first-order valence-corrected chi connectivity index (χ1v) is 11.0. The number of likely N-dealkylation sites (tertiary alicyclic amines) is 1. The van der Waals surface area contributed by atoms with E-state index in [-0.39, 0.29) is 29.8 Å². The van der Waals surface area contributed by atoms with Crippen LogP contribution >= 0.6 is 24.0 Å². The van der Waals surface area contributed by atoms with E-state index in [9.17, 15) is 4.39 Å². The van der Waals surface area contributed by atoms with E-state index in [1.54, 1.807) is 12.1 Å². The lowest BCUT2D eigenvalue weighted by Crippen LogP contribution is -2.47. The van der Waals surface area contributed by atoms with E-state index < -0.39 is 0 Å². The Morgan fingerprint density at radius 3 is 2.67 bits per heavy atom. The van der Waals surface area contributed by atoms with Crippen LogP contribution in [0.3, 0.4) is 0 Å². The Morgan fingerprint density at radius 2 is 1.97 bits per heavy atom. The highest BCUT2D eigenvalue weighted by molar-refractivity contribution is 14.0. The molecule has 0 spiro atoms. The molecule has 0 radical (unpaired) electrons. The molecule has 2 saturated heterocycles. The summed E-state index contributed by atoms with van der Waals surface area (Å²) in [4.78, 5) is 11.4. The summed E-state index contributed by atoms with van der Waals surface area (Å²) in [6.45, 7) is 11.5. The number of benzene rings is 1. The molecule has 3 rings (SSSR count). The summed E-state index contributed by atoms with van der Waals surface area (Å²) in [5.74, 6) is 1.49. The number of rotatable bonds is 8. The fourth-order valence-corrected chi connectivity index (χ4v) is 4.20. The zero-order valence-electron chi connectivity index (χ0n) is 18.4. The van der Waals surface area contributed by atoms with Crippen molar-refractivity contribution in [2.75, 3.05) is 77.5 Å². The summed E-state index contributed by atoms with van der Waals surface area (Å²) in [6.07, 6.45) is 2.25. The topological polar surface area (TPSA) is 43.3 Å². The van der Waals surface area contributed by atoms with Crippen LogP contribution in [-0.4, -0.2) is 88.4 Å². The fraction of sp³-hybridized carbons (Fsp3) is 0.682. The second-order valence-corrected chi connectivity index (χ2v) is 7.87. The lowest BCUT2D eigenvalue weighted by atomic mass is 10.1. The van der Waals surface area contributed by atoms with Crippen LogP contribution in [0.25, 0.3) is 0 Å². The number of aliphatic imine (C=N–C) groups is 1. The van der Waals surface area contributed by atoms with Gasteiger partial charge < -0.3 is 19.9 Å². The summed E-state index contributed by atoms with van der Waals surface area (Å²) in [5, 5.41) is 3.52. The molecule has 0 aromatic heterocycles. The van der Waals surface area contributed by atoms with E-state index in [1.165, 1.54) is 6.42 Å². The van der Waals surface area contributed by atoms with Crippen molar-refractivity contribution in [2.45, 2.75) is 19.8 Å². The van der Waals surface area contributed by atoms with Gasteiger partial charge in [-0.1, -0.05) is 12.1 Å². The van der Waals surface area contributed by atoms with Crippen LogP contribution in [0.2, 0.25) is 0 Å². The number of nitrogens with one attached hydrogen (secondary N) is 1. The SMILES string of the molecule is CCOCC1CCN(C(=NC)NCCCN2CCN(c3ccccc3F)CC2)C1.I. The first-order chi connectivity index (χ1) is 14.2. The van der Waals surface area contributed by atoms with Crippen molar-refractivity contribution in [3.05, 3.63) is 30.1 Å². The molecule has 1 aromatic carbocycles. The highest BCUT2D eigenvalue weighted by atomic mass is 127. The lowest BCUT2D eigenvalue weighted by molar-refractivity contribution is 0.114. The van der Waals surface area contributed by atoms with Crippen LogP contribution < -0.4 is 10.2 Å². The number of piperazine rings is 1. The van der Waals surface area contributed by atoms with Crippen LogP contribution in [0.1, 0.15) is 19.8 Å². The van der Waals surface area contributed by atoms with Crippen molar-refractivity contribution in [1.82, 2.24) is 15.1 Å². The maximum atomic E-state index is 14.0. The monoisotopic (exact) mass is 533 g/mol. The van der Waals surface area contributed by atoms with Crippen molar-refractivity contribution in [3.63, 3.8) is 0 Å². The first-order valence-electron chi connectivity index (χ1n) is 11.0. The summed E-state index contributed by atoms with van der Waals surface area (Å²) >= 11 is 0. The van der Waals surface area contributed by atoms with Gasteiger partial charge in [0.25, 0.3) is 0 Å².